The normalized spacial score (nSPS) is 33.2. The Morgan fingerprint density at radius 3 is 2.42 bits per heavy atom. The van der Waals surface area contributed by atoms with E-state index in [1.807, 2.05) is 0 Å². The van der Waals surface area contributed by atoms with Gasteiger partial charge in [-0.05, 0) is 45.2 Å². The number of β-amino-alcohol motifs (C(OH)–C–C–N with tert-alkyl or cyclic N) is 1. The molecule has 0 unspecified atom stereocenters. The fraction of sp³-hybridized carbons (Fsp3) is 0.938. The van der Waals surface area contributed by atoms with E-state index in [0.29, 0.717) is 32.5 Å². The van der Waals surface area contributed by atoms with E-state index in [1.165, 1.54) is 17.0 Å². The van der Waals surface area contributed by atoms with Crippen LogP contribution in [0.2, 0.25) is 0 Å². The first kappa shape index (κ1) is 18.1. The molecule has 3 aliphatic heterocycles. The van der Waals surface area contributed by atoms with Crippen molar-refractivity contribution in [2.45, 2.75) is 50.2 Å². The zero-order valence-corrected chi connectivity index (χ0v) is 15.3. The van der Waals surface area contributed by atoms with Crippen LogP contribution in [0.3, 0.4) is 0 Å². The van der Waals surface area contributed by atoms with Crippen molar-refractivity contribution in [3.63, 3.8) is 0 Å². The zero-order chi connectivity index (χ0) is 17.4. The Morgan fingerprint density at radius 1 is 1.08 bits per heavy atom. The Hall–Kier alpha value is -0.700. The third kappa shape index (κ3) is 3.47. The number of amides is 1. The van der Waals surface area contributed by atoms with Crippen LogP contribution < -0.4 is 0 Å². The second-order valence-corrected chi connectivity index (χ2v) is 9.39. The molecule has 0 aromatic rings. The van der Waals surface area contributed by atoms with E-state index in [1.54, 1.807) is 4.90 Å². The number of carbonyl (C=O) groups is 1. The summed E-state index contributed by atoms with van der Waals surface area (Å²) in [6.45, 7) is 3.57. The first-order chi connectivity index (χ1) is 11.3. The molecule has 3 saturated heterocycles. The summed E-state index contributed by atoms with van der Waals surface area (Å²) < 4.78 is 25.6. The molecule has 1 amide bonds. The summed E-state index contributed by atoms with van der Waals surface area (Å²) in [5, 5.41) is 10.7. The molecule has 2 atom stereocenters. The molecular formula is C16H29N3O4S. The molecular weight excluding hydrogens is 330 g/mol. The van der Waals surface area contributed by atoms with Crippen LogP contribution in [0.1, 0.15) is 38.5 Å². The third-order valence-electron chi connectivity index (χ3n) is 5.86. The molecule has 3 fully saturated rings. The first-order valence-electron chi connectivity index (χ1n) is 8.99. The number of nitrogens with zero attached hydrogens (tertiary/aromatic N) is 3. The maximum absolute atomic E-state index is 12.5. The van der Waals surface area contributed by atoms with Gasteiger partial charge < -0.3 is 10.0 Å². The molecule has 8 heteroatoms. The molecule has 3 aliphatic rings. The number of sulfonamides is 1. The zero-order valence-electron chi connectivity index (χ0n) is 14.5. The van der Waals surface area contributed by atoms with Crippen LogP contribution in [0.4, 0.5) is 0 Å². The van der Waals surface area contributed by atoms with Gasteiger partial charge in [0.2, 0.25) is 15.9 Å². The number of likely N-dealkylation sites (tertiary alicyclic amines) is 2. The van der Waals surface area contributed by atoms with Gasteiger partial charge in [-0.15, -0.1) is 0 Å². The van der Waals surface area contributed by atoms with Crippen LogP contribution in [0.5, 0.6) is 0 Å². The van der Waals surface area contributed by atoms with Gasteiger partial charge in [-0.25, -0.2) is 8.42 Å². The second kappa shape index (κ2) is 6.90. The molecule has 0 aromatic heterocycles. The van der Waals surface area contributed by atoms with Gasteiger partial charge in [0.05, 0.1) is 24.4 Å². The summed E-state index contributed by atoms with van der Waals surface area (Å²) >= 11 is 0. The average Bonchev–Trinajstić information content (AvgIpc) is 2.96. The number of carbonyl (C=O) groups excluding carboxylic acids is 1. The van der Waals surface area contributed by atoms with Crippen molar-refractivity contribution < 1.29 is 18.3 Å². The van der Waals surface area contributed by atoms with Gasteiger partial charge in [0.15, 0.2) is 0 Å². The second-order valence-electron chi connectivity index (χ2n) is 7.48. The van der Waals surface area contributed by atoms with Gasteiger partial charge >= 0.3 is 0 Å². The summed E-state index contributed by atoms with van der Waals surface area (Å²) in [6, 6.07) is 0. The van der Waals surface area contributed by atoms with Gasteiger partial charge in [-0.3, -0.25) is 9.69 Å². The molecule has 24 heavy (non-hydrogen) atoms. The lowest BCUT2D eigenvalue weighted by molar-refractivity contribution is -0.139. The predicted molar refractivity (Wildman–Crippen MR) is 91.0 cm³/mol. The van der Waals surface area contributed by atoms with E-state index in [0.717, 1.165) is 32.4 Å². The van der Waals surface area contributed by atoms with E-state index in [4.69, 9.17) is 0 Å². The molecule has 0 saturated carbocycles. The minimum absolute atomic E-state index is 0.0507. The van der Waals surface area contributed by atoms with Crippen molar-refractivity contribution in [1.29, 1.82) is 0 Å². The molecule has 1 N–H and O–H groups in total. The monoisotopic (exact) mass is 359 g/mol. The molecule has 0 radical (unpaired) electrons. The summed E-state index contributed by atoms with van der Waals surface area (Å²) in [7, 11) is -3.34. The Kier molecular flexibility index (Phi) is 5.20. The van der Waals surface area contributed by atoms with Crippen molar-refractivity contribution in [3.8, 4) is 0 Å². The van der Waals surface area contributed by atoms with Crippen LogP contribution in [-0.2, 0) is 14.8 Å². The lowest BCUT2D eigenvalue weighted by atomic mass is 9.83. The fourth-order valence-electron chi connectivity index (χ4n) is 4.56. The third-order valence-corrected chi connectivity index (χ3v) is 7.20. The number of piperidine rings is 2. The minimum Gasteiger partial charge on any atom is -0.389 e. The van der Waals surface area contributed by atoms with Crippen LogP contribution in [0, 0.1) is 0 Å². The minimum atomic E-state index is -3.34. The smallest absolute Gasteiger partial charge is 0.236 e. The van der Waals surface area contributed by atoms with E-state index in [9.17, 15) is 18.3 Å². The Labute approximate surface area is 144 Å². The molecule has 138 valence electrons. The van der Waals surface area contributed by atoms with Crippen LogP contribution in [0.15, 0.2) is 0 Å². The SMILES string of the molecule is CS(=O)(=O)N1CCC[C@@]12CCN(C(=O)CN1CCCCC1)C[C@@H]2O. The largest absolute Gasteiger partial charge is 0.389 e. The lowest BCUT2D eigenvalue weighted by Crippen LogP contribution is -2.63. The van der Waals surface area contributed by atoms with Crippen LogP contribution >= 0.6 is 0 Å². The van der Waals surface area contributed by atoms with E-state index < -0.39 is 21.7 Å². The Morgan fingerprint density at radius 2 is 1.79 bits per heavy atom. The van der Waals surface area contributed by atoms with Gasteiger partial charge in [0.25, 0.3) is 0 Å². The number of aliphatic hydroxyl groups is 1. The van der Waals surface area contributed by atoms with Crippen molar-refractivity contribution >= 4 is 15.9 Å². The number of aliphatic hydroxyl groups excluding tert-OH is 1. The molecule has 0 bridgehead atoms. The van der Waals surface area contributed by atoms with Crippen molar-refractivity contribution in [3.05, 3.63) is 0 Å². The molecule has 1 spiro atoms. The van der Waals surface area contributed by atoms with Crippen molar-refractivity contribution in [2.24, 2.45) is 0 Å². The summed E-state index contributed by atoms with van der Waals surface area (Å²) in [4.78, 5) is 16.4. The van der Waals surface area contributed by atoms with Gasteiger partial charge in [-0.2, -0.15) is 4.31 Å². The highest BCUT2D eigenvalue weighted by atomic mass is 32.2. The lowest BCUT2D eigenvalue weighted by Gasteiger charge is -2.47. The quantitative estimate of drug-likeness (QED) is 0.759. The van der Waals surface area contributed by atoms with Gasteiger partial charge in [0, 0.05) is 19.6 Å². The van der Waals surface area contributed by atoms with Crippen molar-refractivity contribution in [1.82, 2.24) is 14.1 Å². The molecule has 7 nitrogen and oxygen atoms in total. The predicted octanol–water partition coefficient (Wildman–Crippen LogP) is -0.140. The maximum atomic E-state index is 12.5. The standard InChI is InChI=1S/C16H29N3O4S/c1-24(22,23)19-10-5-6-16(19)7-11-18(12-14(16)20)15(21)13-17-8-3-2-4-9-17/h14,20H,2-13H2,1H3/t14-,16-/m0/s1. The maximum Gasteiger partial charge on any atom is 0.236 e. The summed E-state index contributed by atoms with van der Waals surface area (Å²) in [5.41, 5.74) is -0.713. The van der Waals surface area contributed by atoms with Crippen molar-refractivity contribution in [2.75, 3.05) is 45.5 Å². The Bertz CT molecular complexity index is 576. The number of hydrogen-bond acceptors (Lipinski definition) is 5. The van der Waals surface area contributed by atoms with Crippen LogP contribution in [0.25, 0.3) is 0 Å². The van der Waals surface area contributed by atoms with E-state index in [2.05, 4.69) is 4.90 Å². The Balaban J connectivity index is 1.63. The highest BCUT2D eigenvalue weighted by molar-refractivity contribution is 7.88. The molecule has 3 rings (SSSR count). The highest BCUT2D eigenvalue weighted by Crippen LogP contribution is 2.40. The molecule has 0 aromatic carbocycles. The van der Waals surface area contributed by atoms with Crippen LogP contribution in [-0.4, -0.2) is 90.7 Å². The number of rotatable bonds is 3. The highest BCUT2D eigenvalue weighted by Gasteiger charge is 2.53. The van der Waals surface area contributed by atoms with E-state index >= 15 is 0 Å². The summed E-state index contributed by atoms with van der Waals surface area (Å²) in [6.07, 6.45) is 5.88. The molecule has 3 heterocycles. The molecule has 0 aliphatic carbocycles. The first-order valence-corrected chi connectivity index (χ1v) is 10.8. The van der Waals surface area contributed by atoms with Gasteiger partial charge in [0.1, 0.15) is 0 Å². The average molecular weight is 359 g/mol. The summed E-state index contributed by atoms with van der Waals surface area (Å²) in [5.74, 6) is 0.0507. The van der Waals surface area contributed by atoms with E-state index in [-0.39, 0.29) is 12.5 Å². The fourth-order valence-corrected chi connectivity index (χ4v) is 5.98. The topological polar surface area (TPSA) is 81.2 Å². The number of hydrogen-bond donors (Lipinski definition) is 1. The van der Waals surface area contributed by atoms with Gasteiger partial charge in [-0.1, -0.05) is 6.42 Å².